The van der Waals surface area contributed by atoms with Gasteiger partial charge >= 0.3 is 0 Å². The lowest BCUT2D eigenvalue weighted by Crippen LogP contribution is -2.40. The van der Waals surface area contributed by atoms with Crippen molar-refractivity contribution in [1.29, 1.82) is 0 Å². The SMILES string of the molecule is CC.CC.CC.Cc1ccc2c3c(cccc13)C(=O)N(c1ccccc1)C2=O. The largest absolute Gasteiger partial charge is 0.268 e. The summed E-state index contributed by atoms with van der Waals surface area (Å²) in [6, 6.07) is 18.4. The van der Waals surface area contributed by atoms with Crippen LogP contribution in [0.3, 0.4) is 0 Å². The van der Waals surface area contributed by atoms with Crippen molar-refractivity contribution >= 4 is 28.3 Å². The number of benzene rings is 3. The van der Waals surface area contributed by atoms with Crippen molar-refractivity contribution in [2.24, 2.45) is 0 Å². The Bertz CT molecular complexity index is 908. The van der Waals surface area contributed by atoms with Gasteiger partial charge in [-0.2, -0.15) is 0 Å². The van der Waals surface area contributed by atoms with Crippen molar-refractivity contribution in [3.8, 4) is 0 Å². The molecule has 28 heavy (non-hydrogen) atoms. The highest BCUT2D eigenvalue weighted by Crippen LogP contribution is 2.33. The summed E-state index contributed by atoms with van der Waals surface area (Å²) in [5.74, 6) is -0.528. The lowest BCUT2D eigenvalue weighted by atomic mass is 9.91. The third-order valence-corrected chi connectivity index (χ3v) is 4.14. The van der Waals surface area contributed by atoms with E-state index >= 15 is 0 Å². The van der Waals surface area contributed by atoms with Crippen LogP contribution in [-0.2, 0) is 0 Å². The van der Waals surface area contributed by atoms with Gasteiger partial charge < -0.3 is 0 Å². The average molecular weight is 378 g/mol. The summed E-state index contributed by atoms with van der Waals surface area (Å²) in [7, 11) is 0. The van der Waals surface area contributed by atoms with Crippen LogP contribution in [0.5, 0.6) is 0 Å². The molecule has 0 saturated carbocycles. The third-order valence-electron chi connectivity index (χ3n) is 4.14. The van der Waals surface area contributed by atoms with E-state index < -0.39 is 0 Å². The Morgan fingerprint density at radius 3 is 1.71 bits per heavy atom. The van der Waals surface area contributed by atoms with E-state index in [4.69, 9.17) is 0 Å². The molecule has 2 amide bonds. The number of carbonyl (C=O) groups excluding carboxylic acids is 2. The lowest BCUT2D eigenvalue weighted by molar-refractivity contribution is 0.0893. The van der Waals surface area contributed by atoms with E-state index in [0.29, 0.717) is 16.8 Å². The maximum absolute atomic E-state index is 12.8. The van der Waals surface area contributed by atoms with E-state index in [-0.39, 0.29) is 11.8 Å². The molecule has 0 bridgehead atoms. The summed E-state index contributed by atoms with van der Waals surface area (Å²) >= 11 is 0. The van der Waals surface area contributed by atoms with Gasteiger partial charge in [0.05, 0.1) is 5.69 Å². The molecule has 0 atom stereocenters. The van der Waals surface area contributed by atoms with Gasteiger partial charge in [-0.05, 0) is 42.1 Å². The zero-order chi connectivity index (χ0) is 21.3. The molecule has 1 heterocycles. The fourth-order valence-electron chi connectivity index (χ4n) is 3.05. The minimum atomic E-state index is -0.264. The van der Waals surface area contributed by atoms with Gasteiger partial charge in [-0.25, -0.2) is 4.90 Å². The standard InChI is InChI=1S/C19H13NO2.3C2H6/c1-12-10-11-16-17-14(12)8-5-9-15(17)18(21)20(19(16)22)13-6-3-2-4-7-13;3*1-2/h2-11H,1H3;3*1-2H3. The van der Waals surface area contributed by atoms with Crippen LogP contribution in [0.15, 0.2) is 60.7 Å². The molecular formula is C25H31NO2. The molecule has 0 fully saturated rings. The second-order valence-corrected chi connectivity index (χ2v) is 5.44. The molecule has 0 N–H and O–H groups in total. The van der Waals surface area contributed by atoms with E-state index in [2.05, 4.69) is 0 Å². The van der Waals surface area contributed by atoms with Crippen molar-refractivity contribution in [2.75, 3.05) is 4.90 Å². The number of amides is 2. The highest BCUT2D eigenvalue weighted by atomic mass is 16.2. The van der Waals surface area contributed by atoms with Crippen molar-refractivity contribution in [3.63, 3.8) is 0 Å². The molecule has 3 aromatic rings. The first-order chi connectivity index (χ1) is 13.7. The first-order valence-electron chi connectivity index (χ1n) is 10.1. The molecule has 0 aliphatic carbocycles. The smallest absolute Gasteiger partial charge is 0.265 e. The maximum Gasteiger partial charge on any atom is 0.265 e. The van der Waals surface area contributed by atoms with Crippen LogP contribution in [0.2, 0.25) is 0 Å². The van der Waals surface area contributed by atoms with Gasteiger partial charge in [-0.3, -0.25) is 9.59 Å². The first-order valence-corrected chi connectivity index (χ1v) is 10.1. The summed E-state index contributed by atoms with van der Waals surface area (Å²) in [6.45, 7) is 14.0. The van der Waals surface area contributed by atoms with Crippen molar-refractivity contribution in [1.82, 2.24) is 0 Å². The lowest BCUT2D eigenvalue weighted by Gasteiger charge is -2.27. The Balaban J connectivity index is 0.000000599. The van der Waals surface area contributed by atoms with E-state index in [1.165, 1.54) is 4.90 Å². The minimum absolute atomic E-state index is 0.264. The highest BCUT2D eigenvalue weighted by molar-refractivity contribution is 6.35. The van der Waals surface area contributed by atoms with Crippen LogP contribution >= 0.6 is 0 Å². The van der Waals surface area contributed by atoms with Gasteiger partial charge in [0.2, 0.25) is 0 Å². The second-order valence-electron chi connectivity index (χ2n) is 5.44. The molecule has 0 radical (unpaired) electrons. The maximum atomic E-state index is 12.8. The van der Waals surface area contributed by atoms with Gasteiger partial charge in [0.25, 0.3) is 11.8 Å². The quantitative estimate of drug-likeness (QED) is 0.427. The molecule has 1 aliphatic rings. The van der Waals surface area contributed by atoms with Gasteiger partial charge in [0.1, 0.15) is 0 Å². The molecule has 1 aliphatic heterocycles. The number of imide groups is 1. The van der Waals surface area contributed by atoms with Crippen LogP contribution in [0.25, 0.3) is 10.8 Å². The van der Waals surface area contributed by atoms with E-state index in [1.807, 2.05) is 90.9 Å². The van der Waals surface area contributed by atoms with E-state index in [9.17, 15) is 9.59 Å². The number of hydrogen-bond acceptors (Lipinski definition) is 2. The molecule has 0 spiro atoms. The zero-order valence-corrected chi connectivity index (χ0v) is 18.0. The number of nitrogens with zero attached hydrogens (tertiary/aromatic N) is 1. The number of hydrogen-bond donors (Lipinski definition) is 0. The molecule has 3 aromatic carbocycles. The monoisotopic (exact) mass is 377 g/mol. The molecular weight excluding hydrogens is 346 g/mol. The minimum Gasteiger partial charge on any atom is -0.268 e. The summed E-state index contributed by atoms with van der Waals surface area (Å²) in [4.78, 5) is 26.9. The Morgan fingerprint density at radius 2 is 1.14 bits per heavy atom. The number of anilines is 1. The van der Waals surface area contributed by atoms with Gasteiger partial charge in [-0.15, -0.1) is 0 Å². The fraction of sp³-hybridized carbons (Fsp3) is 0.280. The van der Waals surface area contributed by atoms with Crippen molar-refractivity contribution < 1.29 is 9.59 Å². The molecule has 148 valence electrons. The molecule has 3 nitrogen and oxygen atoms in total. The van der Waals surface area contributed by atoms with Crippen LogP contribution in [-0.4, -0.2) is 11.8 Å². The first kappa shape index (κ1) is 23.1. The summed E-state index contributed by atoms with van der Waals surface area (Å²) in [5.41, 5.74) is 2.83. The normalized spacial score (nSPS) is 11.5. The number of rotatable bonds is 1. The number of carbonyl (C=O) groups is 2. The van der Waals surface area contributed by atoms with Crippen LogP contribution in [0, 0.1) is 6.92 Å². The number of aryl methyl sites for hydroxylation is 1. The predicted molar refractivity (Wildman–Crippen MR) is 120 cm³/mol. The molecule has 0 aromatic heterocycles. The molecule has 0 unspecified atom stereocenters. The topological polar surface area (TPSA) is 37.4 Å². The van der Waals surface area contributed by atoms with Crippen LogP contribution in [0.1, 0.15) is 67.8 Å². The Morgan fingerprint density at radius 1 is 0.607 bits per heavy atom. The second kappa shape index (κ2) is 11.0. The Hall–Kier alpha value is -2.94. The Kier molecular flexibility index (Phi) is 9.10. The van der Waals surface area contributed by atoms with Gasteiger partial charge in [0.15, 0.2) is 0 Å². The summed E-state index contributed by atoms with van der Waals surface area (Å²) < 4.78 is 0. The molecule has 0 saturated heterocycles. The molecule has 4 rings (SSSR count). The van der Waals surface area contributed by atoms with Gasteiger partial charge in [-0.1, -0.05) is 77.9 Å². The highest BCUT2D eigenvalue weighted by Gasteiger charge is 2.33. The Labute approximate surface area is 169 Å². The van der Waals surface area contributed by atoms with Gasteiger partial charge in [0, 0.05) is 16.5 Å². The predicted octanol–water partition coefficient (Wildman–Crippen LogP) is 7.03. The third kappa shape index (κ3) is 4.14. The average Bonchev–Trinajstić information content (AvgIpc) is 2.78. The summed E-state index contributed by atoms with van der Waals surface area (Å²) in [5, 5.41) is 1.73. The van der Waals surface area contributed by atoms with E-state index in [1.54, 1.807) is 18.2 Å². The van der Waals surface area contributed by atoms with Crippen LogP contribution < -0.4 is 4.90 Å². The van der Waals surface area contributed by atoms with Crippen molar-refractivity contribution in [3.05, 3.63) is 77.4 Å². The zero-order valence-electron chi connectivity index (χ0n) is 18.0. The fourth-order valence-corrected chi connectivity index (χ4v) is 3.05. The number of para-hydroxylation sites is 1. The van der Waals surface area contributed by atoms with E-state index in [0.717, 1.165) is 16.3 Å². The molecule has 3 heteroatoms. The summed E-state index contributed by atoms with van der Waals surface area (Å²) in [6.07, 6.45) is 0. The van der Waals surface area contributed by atoms with Crippen molar-refractivity contribution in [2.45, 2.75) is 48.5 Å². The van der Waals surface area contributed by atoms with Crippen LogP contribution in [0.4, 0.5) is 5.69 Å².